The fourth-order valence-corrected chi connectivity index (χ4v) is 1.62. The van der Waals surface area contributed by atoms with Gasteiger partial charge in [0.15, 0.2) is 11.6 Å². The average Bonchev–Trinajstić information content (AvgIpc) is 2.85. The third-order valence-electron chi connectivity index (χ3n) is 2.22. The molecular formula is C9H7ClN6. The van der Waals surface area contributed by atoms with Crippen LogP contribution in [0.25, 0.3) is 11.3 Å². The van der Waals surface area contributed by atoms with Crippen LogP contribution in [0, 0.1) is 0 Å². The van der Waals surface area contributed by atoms with Gasteiger partial charge in [0.05, 0.1) is 12.4 Å². The van der Waals surface area contributed by atoms with Crippen molar-refractivity contribution in [2.75, 3.05) is 5.73 Å². The third kappa shape index (κ3) is 1.24. The summed E-state index contributed by atoms with van der Waals surface area (Å²) >= 11 is 5.85. The van der Waals surface area contributed by atoms with Gasteiger partial charge in [-0.3, -0.25) is 0 Å². The number of halogens is 1. The molecule has 0 aliphatic rings. The Labute approximate surface area is 95.3 Å². The third-order valence-corrected chi connectivity index (χ3v) is 2.51. The van der Waals surface area contributed by atoms with Gasteiger partial charge in [-0.1, -0.05) is 11.6 Å². The summed E-state index contributed by atoms with van der Waals surface area (Å²) in [5.74, 6) is 0.920. The molecule has 0 aromatic carbocycles. The highest BCUT2D eigenvalue weighted by atomic mass is 35.5. The second-order valence-electron chi connectivity index (χ2n) is 3.22. The number of aromatic nitrogens is 5. The van der Waals surface area contributed by atoms with Crippen LogP contribution in [0.2, 0.25) is 5.02 Å². The van der Waals surface area contributed by atoms with Crippen molar-refractivity contribution in [1.82, 2.24) is 24.4 Å². The van der Waals surface area contributed by atoms with E-state index in [9.17, 15) is 0 Å². The molecule has 0 spiro atoms. The molecule has 3 aromatic heterocycles. The number of anilines is 1. The first kappa shape index (κ1) is 9.17. The summed E-state index contributed by atoms with van der Waals surface area (Å²) in [6.07, 6.45) is 6.70. The van der Waals surface area contributed by atoms with Gasteiger partial charge in [0, 0.05) is 12.4 Å². The van der Waals surface area contributed by atoms with Crippen molar-refractivity contribution in [3.8, 4) is 5.82 Å². The van der Waals surface area contributed by atoms with Gasteiger partial charge >= 0.3 is 0 Å². The average molecular weight is 235 g/mol. The van der Waals surface area contributed by atoms with Crippen LogP contribution in [0.1, 0.15) is 0 Å². The topological polar surface area (TPSA) is 74.0 Å². The second-order valence-corrected chi connectivity index (χ2v) is 3.63. The zero-order valence-corrected chi connectivity index (χ0v) is 8.83. The van der Waals surface area contributed by atoms with E-state index in [1.54, 1.807) is 29.3 Å². The number of hydrogen-bond donors (Lipinski definition) is 1. The summed E-state index contributed by atoms with van der Waals surface area (Å²) in [5.41, 5.74) is 6.42. The van der Waals surface area contributed by atoms with E-state index in [1.807, 2.05) is 6.07 Å². The fourth-order valence-electron chi connectivity index (χ4n) is 1.49. The van der Waals surface area contributed by atoms with Gasteiger partial charge in [0.1, 0.15) is 10.5 Å². The van der Waals surface area contributed by atoms with E-state index in [-0.39, 0.29) is 5.82 Å². The summed E-state index contributed by atoms with van der Waals surface area (Å²) in [5, 5.41) is 8.58. The van der Waals surface area contributed by atoms with Crippen LogP contribution in [0.4, 0.5) is 5.82 Å². The first-order chi connectivity index (χ1) is 7.75. The number of nitrogens with two attached hydrogens (primary N) is 1. The SMILES string of the molecule is Nc1nn(-c2nccn3nccc23)cc1Cl. The Kier molecular flexibility index (Phi) is 1.84. The number of nitrogens with zero attached hydrogens (tertiary/aromatic N) is 5. The Morgan fingerprint density at radius 3 is 2.94 bits per heavy atom. The summed E-state index contributed by atoms with van der Waals surface area (Å²) < 4.78 is 3.24. The van der Waals surface area contributed by atoms with Crippen LogP contribution >= 0.6 is 11.6 Å². The normalized spacial score (nSPS) is 11.1. The molecule has 0 aliphatic heterocycles. The lowest BCUT2D eigenvalue weighted by Crippen LogP contribution is -2.02. The molecule has 7 heteroatoms. The number of hydrogen-bond acceptors (Lipinski definition) is 4. The van der Waals surface area contributed by atoms with Crippen LogP contribution in [0.3, 0.4) is 0 Å². The van der Waals surface area contributed by atoms with Crippen molar-refractivity contribution in [3.05, 3.63) is 35.9 Å². The van der Waals surface area contributed by atoms with E-state index in [0.29, 0.717) is 10.8 Å². The van der Waals surface area contributed by atoms with Gasteiger partial charge in [-0.25, -0.2) is 14.2 Å². The maximum Gasteiger partial charge on any atom is 0.179 e. The molecule has 0 atom stereocenters. The van der Waals surface area contributed by atoms with Gasteiger partial charge < -0.3 is 5.73 Å². The largest absolute Gasteiger partial charge is 0.381 e. The highest BCUT2D eigenvalue weighted by molar-refractivity contribution is 6.32. The smallest absolute Gasteiger partial charge is 0.179 e. The summed E-state index contributed by atoms with van der Waals surface area (Å²) in [4.78, 5) is 4.23. The van der Waals surface area contributed by atoms with Crippen molar-refractivity contribution < 1.29 is 0 Å². The minimum absolute atomic E-state index is 0.282. The van der Waals surface area contributed by atoms with Crippen LogP contribution in [-0.4, -0.2) is 24.4 Å². The van der Waals surface area contributed by atoms with Gasteiger partial charge in [0.25, 0.3) is 0 Å². The van der Waals surface area contributed by atoms with E-state index in [0.717, 1.165) is 5.52 Å². The molecule has 3 rings (SSSR count). The highest BCUT2D eigenvalue weighted by Crippen LogP contribution is 2.19. The Morgan fingerprint density at radius 2 is 2.19 bits per heavy atom. The molecule has 0 radical (unpaired) electrons. The summed E-state index contributed by atoms with van der Waals surface area (Å²) in [6.45, 7) is 0. The maximum atomic E-state index is 5.85. The Balaban J connectivity index is 2.29. The van der Waals surface area contributed by atoms with E-state index in [2.05, 4.69) is 15.2 Å². The monoisotopic (exact) mass is 234 g/mol. The highest BCUT2D eigenvalue weighted by Gasteiger charge is 2.09. The first-order valence-electron chi connectivity index (χ1n) is 4.55. The van der Waals surface area contributed by atoms with E-state index in [1.165, 1.54) is 4.68 Å². The van der Waals surface area contributed by atoms with Crippen molar-refractivity contribution in [2.24, 2.45) is 0 Å². The maximum absolute atomic E-state index is 5.85. The molecule has 0 aliphatic carbocycles. The van der Waals surface area contributed by atoms with E-state index < -0.39 is 0 Å². The number of fused-ring (bicyclic) bond motifs is 1. The molecule has 6 nitrogen and oxygen atoms in total. The standard InChI is InChI=1S/C9H7ClN6/c10-6-5-16(14-8(6)11)9-7-1-2-13-15(7)4-3-12-9/h1-5H,(H2,11,14). The Bertz CT molecular complexity index is 635. The second kappa shape index (κ2) is 3.21. The van der Waals surface area contributed by atoms with Crippen molar-refractivity contribution in [3.63, 3.8) is 0 Å². The molecule has 0 saturated heterocycles. The zero-order chi connectivity index (χ0) is 11.1. The predicted octanol–water partition coefficient (Wildman–Crippen LogP) is 1.15. The van der Waals surface area contributed by atoms with Crippen LogP contribution < -0.4 is 5.73 Å². The van der Waals surface area contributed by atoms with Crippen molar-refractivity contribution in [1.29, 1.82) is 0 Å². The molecule has 0 saturated carbocycles. The molecule has 2 N–H and O–H groups in total. The van der Waals surface area contributed by atoms with Crippen LogP contribution in [0.5, 0.6) is 0 Å². The predicted molar refractivity (Wildman–Crippen MR) is 59.5 cm³/mol. The first-order valence-corrected chi connectivity index (χ1v) is 4.93. The van der Waals surface area contributed by atoms with Crippen molar-refractivity contribution in [2.45, 2.75) is 0 Å². The van der Waals surface area contributed by atoms with Crippen LogP contribution in [-0.2, 0) is 0 Å². The Morgan fingerprint density at radius 1 is 1.31 bits per heavy atom. The molecular weight excluding hydrogens is 228 g/mol. The molecule has 3 heterocycles. The fraction of sp³-hybridized carbons (Fsp3) is 0. The lowest BCUT2D eigenvalue weighted by Gasteiger charge is -2.01. The molecule has 0 bridgehead atoms. The lowest BCUT2D eigenvalue weighted by molar-refractivity contribution is 0.836. The van der Waals surface area contributed by atoms with Crippen molar-refractivity contribution >= 4 is 22.9 Å². The summed E-state index contributed by atoms with van der Waals surface area (Å²) in [7, 11) is 0. The van der Waals surface area contributed by atoms with Gasteiger partial charge in [-0.05, 0) is 6.07 Å². The molecule has 0 amide bonds. The minimum atomic E-state index is 0.282. The minimum Gasteiger partial charge on any atom is -0.381 e. The summed E-state index contributed by atoms with van der Waals surface area (Å²) in [6, 6.07) is 1.84. The van der Waals surface area contributed by atoms with E-state index in [4.69, 9.17) is 17.3 Å². The van der Waals surface area contributed by atoms with Gasteiger partial charge in [-0.2, -0.15) is 5.10 Å². The van der Waals surface area contributed by atoms with Gasteiger partial charge in [-0.15, -0.1) is 5.10 Å². The molecule has 80 valence electrons. The lowest BCUT2D eigenvalue weighted by atomic mass is 10.5. The molecule has 0 unspecified atom stereocenters. The quantitative estimate of drug-likeness (QED) is 0.686. The number of rotatable bonds is 1. The van der Waals surface area contributed by atoms with E-state index >= 15 is 0 Å². The molecule has 3 aromatic rings. The molecule has 16 heavy (non-hydrogen) atoms. The Hall–Kier alpha value is -2.08. The number of nitrogen functional groups attached to an aromatic ring is 1. The van der Waals surface area contributed by atoms with Crippen LogP contribution in [0.15, 0.2) is 30.9 Å². The van der Waals surface area contributed by atoms with Gasteiger partial charge in [0.2, 0.25) is 0 Å². The zero-order valence-electron chi connectivity index (χ0n) is 8.08. The molecule has 0 fully saturated rings.